The maximum atomic E-state index is 12.4. The molecule has 2 atom stereocenters. The van der Waals surface area contributed by atoms with Gasteiger partial charge in [0.25, 0.3) is 17.5 Å². The van der Waals surface area contributed by atoms with Crippen molar-refractivity contribution < 1.29 is 24.0 Å². The fourth-order valence-electron chi connectivity index (χ4n) is 4.06. The predicted octanol–water partition coefficient (Wildman–Crippen LogP) is 2.53. The predicted molar refractivity (Wildman–Crippen MR) is 116 cm³/mol. The highest BCUT2D eigenvalue weighted by Gasteiger charge is 2.28. The molecule has 10 heteroatoms. The molecule has 3 rings (SSSR count). The quantitative estimate of drug-likeness (QED) is 0.414. The Morgan fingerprint density at radius 1 is 1.19 bits per heavy atom. The minimum absolute atomic E-state index is 0.0416. The van der Waals surface area contributed by atoms with Crippen molar-refractivity contribution in [2.45, 2.75) is 20.3 Å². The Morgan fingerprint density at radius 2 is 1.88 bits per heavy atom. The van der Waals surface area contributed by atoms with Gasteiger partial charge in [0, 0.05) is 32.4 Å². The number of ether oxygens (including phenoxy) is 1. The van der Waals surface area contributed by atoms with Crippen molar-refractivity contribution >= 4 is 29.2 Å². The van der Waals surface area contributed by atoms with E-state index in [2.05, 4.69) is 19.2 Å². The minimum atomic E-state index is -0.888. The van der Waals surface area contributed by atoms with E-state index in [0.717, 1.165) is 12.5 Å². The number of aromatic nitrogens is 1. The zero-order valence-corrected chi connectivity index (χ0v) is 18.2. The van der Waals surface area contributed by atoms with Gasteiger partial charge in [0.15, 0.2) is 6.61 Å². The van der Waals surface area contributed by atoms with Gasteiger partial charge in [-0.05, 0) is 42.5 Å². The van der Waals surface area contributed by atoms with Crippen LogP contribution in [0.5, 0.6) is 0 Å². The monoisotopic (exact) mass is 442 g/mol. The van der Waals surface area contributed by atoms with Gasteiger partial charge in [0.1, 0.15) is 11.4 Å². The normalized spacial score (nSPS) is 18.2. The summed E-state index contributed by atoms with van der Waals surface area (Å²) in [5, 5.41) is 13.8. The second-order valence-electron chi connectivity index (χ2n) is 8.27. The van der Waals surface area contributed by atoms with Crippen LogP contribution in [-0.4, -0.2) is 47.0 Å². The van der Waals surface area contributed by atoms with Crippen molar-refractivity contribution in [3.05, 3.63) is 57.9 Å². The van der Waals surface area contributed by atoms with Gasteiger partial charge in [-0.1, -0.05) is 13.8 Å². The summed E-state index contributed by atoms with van der Waals surface area (Å²) in [4.78, 5) is 49.4. The van der Waals surface area contributed by atoms with Crippen LogP contribution < -0.4 is 10.2 Å². The molecule has 0 spiro atoms. The van der Waals surface area contributed by atoms with E-state index in [-0.39, 0.29) is 16.9 Å². The summed E-state index contributed by atoms with van der Waals surface area (Å²) in [7, 11) is 1.65. The molecule has 1 aromatic heterocycles. The Labute approximate surface area is 185 Å². The standard InChI is InChI=1S/C22H26N4O6/c1-14-9-15(2)12-25(11-14)17-7-6-16(10-19(17)26(30)31)22(29)32-13-20(27)23-21(28)18-5-4-8-24(18)3/h4-8,10,14-15H,9,11-13H2,1-3H3,(H,23,27,28). The number of benzene rings is 1. The van der Waals surface area contributed by atoms with Gasteiger partial charge in [-0.25, -0.2) is 4.79 Å². The van der Waals surface area contributed by atoms with Crippen molar-refractivity contribution in [2.75, 3.05) is 24.6 Å². The van der Waals surface area contributed by atoms with Crippen LogP contribution in [0.1, 0.15) is 41.1 Å². The third-order valence-electron chi connectivity index (χ3n) is 5.38. The Balaban J connectivity index is 1.65. The number of nitro benzene ring substituents is 1. The summed E-state index contributed by atoms with van der Waals surface area (Å²) < 4.78 is 6.49. The molecule has 2 amide bonds. The second-order valence-corrected chi connectivity index (χ2v) is 8.27. The summed E-state index contributed by atoms with van der Waals surface area (Å²) in [6.45, 7) is 4.92. The van der Waals surface area contributed by atoms with Crippen LogP contribution in [0.4, 0.5) is 11.4 Å². The maximum Gasteiger partial charge on any atom is 0.338 e. The molecule has 2 aromatic rings. The number of aryl methyl sites for hydroxylation is 1. The molecule has 1 saturated heterocycles. The molecule has 170 valence electrons. The van der Waals surface area contributed by atoms with Crippen LogP contribution in [0.3, 0.4) is 0 Å². The van der Waals surface area contributed by atoms with E-state index in [9.17, 15) is 24.5 Å². The molecule has 1 aliphatic heterocycles. The van der Waals surface area contributed by atoms with Gasteiger partial charge in [0.05, 0.1) is 10.5 Å². The van der Waals surface area contributed by atoms with Gasteiger partial charge in [-0.3, -0.25) is 25.0 Å². The molecule has 1 aromatic carbocycles. The molecule has 0 aliphatic carbocycles. The number of esters is 1. The second kappa shape index (κ2) is 9.63. The zero-order chi connectivity index (χ0) is 23.4. The molecule has 0 bridgehead atoms. The van der Waals surface area contributed by atoms with E-state index in [1.165, 1.54) is 6.07 Å². The number of hydrogen-bond acceptors (Lipinski definition) is 7. The van der Waals surface area contributed by atoms with Crippen molar-refractivity contribution in [3.63, 3.8) is 0 Å². The Morgan fingerprint density at radius 3 is 2.47 bits per heavy atom. The first-order valence-electron chi connectivity index (χ1n) is 10.3. The van der Waals surface area contributed by atoms with Gasteiger partial charge in [0.2, 0.25) is 0 Å². The van der Waals surface area contributed by atoms with Crippen LogP contribution in [0.15, 0.2) is 36.5 Å². The maximum absolute atomic E-state index is 12.4. The number of nitrogens with zero attached hydrogens (tertiary/aromatic N) is 3. The number of amides is 2. The van der Waals surface area contributed by atoms with Crippen LogP contribution in [0.2, 0.25) is 0 Å². The largest absolute Gasteiger partial charge is 0.452 e. The number of nitro groups is 1. The average Bonchev–Trinajstić information content (AvgIpc) is 3.16. The van der Waals surface area contributed by atoms with Crippen LogP contribution in [-0.2, 0) is 16.6 Å². The molecule has 10 nitrogen and oxygen atoms in total. The van der Waals surface area contributed by atoms with Crippen LogP contribution in [0.25, 0.3) is 0 Å². The van der Waals surface area contributed by atoms with Crippen molar-refractivity contribution in [3.8, 4) is 0 Å². The SMILES string of the molecule is CC1CC(C)CN(c2ccc(C(=O)OCC(=O)NC(=O)c3cccn3C)cc2[N+](=O)[O-])C1. The summed E-state index contributed by atoms with van der Waals surface area (Å²) in [5.41, 5.74) is 0.498. The Bertz CT molecular complexity index is 1040. The van der Waals surface area contributed by atoms with Gasteiger partial charge in [-0.2, -0.15) is 0 Å². The zero-order valence-electron chi connectivity index (χ0n) is 18.2. The lowest BCUT2D eigenvalue weighted by Gasteiger charge is -2.36. The molecule has 1 aliphatic rings. The average molecular weight is 442 g/mol. The van der Waals surface area contributed by atoms with Crippen molar-refractivity contribution in [1.29, 1.82) is 0 Å². The van der Waals surface area contributed by atoms with E-state index >= 15 is 0 Å². The number of hydrogen-bond donors (Lipinski definition) is 1. The number of carbonyl (C=O) groups excluding carboxylic acids is 3. The lowest BCUT2D eigenvalue weighted by Crippen LogP contribution is -2.39. The molecule has 2 unspecified atom stereocenters. The molecule has 2 heterocycles. The number of nitrogens with one attached hydrogen (secondary N) is 1. The van der Waals surface area contributed by atoms with E-state index in [1.807, 2.05) is 4.90 Å². The smallest absolute Gasteiger partial charge is 0.338 e. The molecule has 1 fully saturated rings. The van der Waals surface area contributed by atoms with Gasteiger partial charge in [-0.15, -0.1) is 0 Å². The van der Waals surface area contributed by atoms with E-state index < -0.39 is 29.3 Å². The highest BCUT2D eigenvalue weighted by molar-refractivity contribution is 6.04. The topological polar surface area (TPSA) is 124 Å². The van der Waals surface area contributed by atoms with E-state index in [4.69, 9.17) is 4.74 Å². The molecule has 0 saturated carbocycles. The first-order chi connectivity index (χ1) is 15.2. The third kappa shape index (κ3) is 5.32. The molecular formula is C22H26N4O6. The number of rotatable bonds is 6. The summed E-state index contributed by atoms with van der Waals surface area (Å²) in [6.07, 6.45) is 2.71. The summed E-state index contributed by atoms with van der Waals surface area (Å²) in [6, 6.07) is 7.34. The molecule has 0 radical (unpaired) electrons. The van der Waals surface area contributed by atoms with Crippen LogP contribution in [0, 0.1) is 22.0 Å². The number of piperidine rings is 1. The highest BCUT2D eigenvalue weighted by atomic mass is 16.6. The van der Waals surface area contributed by atoms with Crippen LogP contribution >= 0.6 is 0 Å². The summed E-state index contributed by atoms with van der Waals surface area (Å²) >= 11 is 0. The Hall–Kier alpha value is -3.69. The first kappa shape index (κ1) is 23.0. The highest BCUT2D eigenvalue weighted by Crippen LogP contribution is 2.34. The number of carbonyl (C=O) groups is 3. The molecule has 32 heavy (non-hydrogen) atoms. The van der Waals surface area contributed by atoms with E-state index in [0.29, 0.717) is 30.6 Å². The lowest BCUT2D eigenvalue weighted by atomic mass is 9.91. The fraction of sp³-hybridized carbons (Fsp3) is 0.409. The molecule has 1 N–H and O–H groups in total. The van der Waals surface area contributed by atoms with Gasteiger partial charge >= 0.3 is 5.97 Å². The number of imide groups is 1. The summed E-state index contributed by atoms with van der Waals surface area (Å²) in [5.74, 6) is -1.50. The fourth-order valence-corrected chi connectivity index (χ4v) is 4.06. The Kier molecular flexibility index (Phi) is 6.92. The third-order valence-corrected chi connectivity index (χ3v) is 5.38. The lowest BCUT2D eigenvalue weighted by molar-refractivity contribution is -0.384. The van der Waals surface area contributed by atoms with Crippen molar-refractivity contribution in [2.24, 2.45) is 18.9 Å². The van der Waals surface area contributed by atoms with Gasteiger partial charge < -0.3 is 14.2 Å². The first-order valence-corrected chi connectivity index (χ1v) is 10.3. The minimum Gasteiger partial charge on any atom is -0.452 e. The number of anilines is 1. The van der Waals surface area contributed by atoms with Crippen molar-refractivity contribution in [1.82, 2.24) is 9.88 Å². The van der Waals surface area contributed by atoms with E-state index in [1.54, 1.807) is 36.0 Å². The molecular weight excluding hydrogens is 416 g/mol.